The SMILES string of the molecule is CCNc1nc(N2CCC(CO)C2)c2ccsc2n1. The molecule has 1 aliphatic heterocycles. The van der Waals surface area contributed by atoms with Crippen molar-refractivity contribution in [1.29, 1.82) is 0 Å². The fourth-order valence-electron chi connectivity index (χ4n) is 2.49. The van der Waals surface area contributed by atoms with E-state index < -0.39 is 0 Å². The van der Waals surface area contributed by atoms with Crippen LogP contribution in [-0.4, -0.2) is 41.3 Å². The Morgan fingerprint density at radius 3 is 3.16 bits per heavy atom. The molecule has 1 fully saturated rings. The van der Waals surface area contributed by atoms with E-state index in [0.717, 1.165) is 42.1 Å². The van der Waals surface area contributed by atoms with Gasteiger partial charge in [-0.15, -0.1) is 11.3 Å². The van der Waals surface area contributed by atoms with Crippen molar-refractivity contribution in [3.63, 3.8) is 0 Å². The second-order valence-electron chi connectivity index (χ2n) is 4.82. The van der Waals surface area contributed by atoms with Gasteiger partial charge in [0, 0.05) is 32.2 Å². The van der Waals surface area contributed by atoms with Crippen LogP contribution in [0.2, 0.25) is 0 Å². The molecule has 3 heterocycles. The van der Waals surface area contributed by atoms with Gasteiger partial charge in [0.1, 0.15) is 10.6 Å². The predicted molar refractivity (Wildman–Crippen MR) is 79.0 cm³/mol. The molecule has 0 saturated carbocycles. The molecule has 0 aromatic carbocycles. The van der Waals surface area contributed by atoms with Crippen molar-refractivity contribution in [1.82, 2.24) is 9.97 Å². The summed E-state index contributed by atoms with van der Waals surface area (Å²) in [6.07, 6.45) is 1.03. The number of aromatic nitrogens is 2. The zero-order valence-electron chi connectivity index (χ0n) is 11.0. The topological polar surface area (TPSA) is 61.3 Å². The number of thiophene rings is 1. The summed E-state index contributed by atoms with van der Waals surface area (Å²) >= 11 is 1.64. The van der Waals surface area contributed by atoms with Crippen LogP contribution in [0.25, 0.3) is 10.2 Å². The summed E-state index contributed by atoms with van der Waals surface area (Å²) in [5.74, 6) is 2.06. The van der Waals surface area contributed by atoms with Crippen LogP contribution < -0.4 is 10.2 Å². The summed E-state index contributed by atoms with van der Waals surface area (Å²) in [6.45, 7) is 4.95. The zero-order chi connectivity index (χ0) is 13.2. The molecule has 1 saturated heterocycles. The van der Waals surface area contributed by atoms with Gasteiger partial charge in [0.05, 0.1) is 5.39 Å². The van der Waals surface area contributed by atoms with Gasteiger partial charge in [-0.1, -0.05) is 0 Å². The van der Waals surface area contributed by atoms with Gasteiger partial charge in [0.25, 0.3) is 0 Å². The first-order chi connectivity index (χ1) is 9.31. The quantitative estimate of drug-likeness (QED) is 0.895. The number of aliphatic hydroxyl groups excluding tert-OH is 1. The molecule has 2 aromatic heterocycles. The standard InChI is InChI=1S/C13H18N4OS/c1-2-14-13-15-11(10-4-6-19-12(10)16-13)17-5-3-9(7-17)8-18/h4,6,9,18H,2-3,5,7-8H2,1H3,(H,14,15,16). The van der Waals surface area contributed by atoms with E-state index in [1.165, 1.54) is 0 Å². The molecule has 0 bridgehead atoms. The highest BCUT2D eigenvalue weighted by molar-refractivity contribution is 7.16. The number of rotatable bonds is 4. The zero-order valence-corrected chi connectivity index (χ0v) is 11.8. The van der Waals surface area contributed by atoms with Crippen LogP contribution in [0.1, 0.15) is 13.3 Å². The Kier molecular flexibility index (Phi) is 3.52. The van der Waals surface area contributed by atoms with Crippen LogP contribution in [0.15, 0.2) is 11.4 Å². The van der Waals surface area contributed by atoms with Gasteiger partial charge in [-0.25, -0.2) is 4.98 Å². The molecule has 0 amide bonds. The van der Waals surface area contributed by atoms with Gasteiger partial charge in [-0.3, -0.25) is 0 Å². The maximum absolute atomic E-state index is 9.27. The third-order valence-electron chi connectivity index (χ3n) is 3.48. The van der Waals surface area contributed by atoms with Crippen molar-refractivity contribution in [3.05, 3.63) is 11.4 Å². The number of aliphatic hydroxyl groups is 1. The summed E-state index contributed by atoms with van der Waals surface area (Å²) in [5.41, 5.74) is 0. The molecular formula is C13H18N4OS. The van der Waals surface area contributed by atoms with Crippen LogP contribution in [0.3, 0.4) is 0 Å². The highest BCUT2D eigenvalue weighted by Gasteiger charge is 2.25. The van der Waals surface area contributed by atoms with E-state index in [1.807, 2.05) is 6.92 Å². The summed E-state index contributed by atoms with van der Waals surface area (Å²) in [4.78, 5) is 12.4. The van der Waals surface area contributed by atoms with Crippen molar-refractivity contribution in [2.45, 2.75) is 13.3 Å². The molecule has 1 aliphatic rings. The van der Waals surface area contributed by atoms with E-state index in [2.05, 4.69) is 31.6 Å². The fraction of sp³-hybridized carbons (Fsp3) is 0.538. The number of nitrogens with one attached hydrogen (secondary N) is 1. The summed E-state index contributed by atoms with van der Waals surface area (Å²) in [6, 6.07) is 2.08. The van der Waals surface area contributed by atoms with Crippen molar-refractivity contribution in [3.8, 4) is 0 Å². The van der Waals surface area contributed by atoms with Crippen molar-refractivity contribution >= 4 is 33.3 Å². The Balaban J connectivity index is 1.98. The Labute approximate surface area is 116 Å². The van der Waals surface area contributed by atoms with Crippen LogP contribution >= 0.6 is 11.3 Å². The molecule has 6 heteroatoms. The van der Waals surface area contributed by atoms with Crippen LogP contribution in [-0.2, 0) is 0 Å². The van der Waals surface area contributed by atoms with Crippen LogP contribution in [0.4, 0.5) is 11.8 Å². The maximum Gasteiger partial charge on any atom is 0.226 e. The second kappa shape index (κ2) is 5.30. The van der Waals surface area contributed by atoms with E-state index in [1.54, 1.807) is 11.3 Å². The predicted octanol–water partition coefficient (Wildman–Crippen LogP) is 1.94. The lowest BCUT2D eigenvalue weighted by molar-refractivity contribution is 0.238. The molecule has 5 nitrogen and oxygen atoms in total. The minimum absolute atomic E-state index is 0.258. The lowest BCUT2D eigenvalue weighted by Gasteiger charge is -2.19. The number of anilines is 2. The Morgan fingerprint density at radius 2 is 2.42 bits per heavy atom. The summed E-state index contributed by atoms with van der Waals surface area (Å²) in [5, 5.41) is 15.6. The first-order valence-corrected chi connectivity index (χ1v) is 7.54. The van der Waals surface area contributed by atoms with E-state index in [-0.39, 0.29) is 6.61 Å². The summed E-state index contributed by atoms with van der Waals surface area (Å²) < 4.78 is 0. The van der Waals surface area contributed by atoms with Crippen molar-refractivity contribution in [2.24, 2.45) is 5.92 Å². The molecule has 0 spiro atoms. The van der Waals surface area contributed by atoms with Gasteiger partial charge in [-0.05, 0) is 24.8 Å². The van der Waals surface area contributed by atoms with Gasteiger partial charge < -0.3 is 15.3 Å². The Morgan fingerprint density at radius 1 is 1.53 bits per heavy atom. The molecule has 102 valence electrons. The molecule has 1 atom stereocenters. The molecule has 0 aliphatic carbocycles. The number of nitrogens with zero attached hydrogens (tertiary/aromatic N) is 3. The normalized spacial score (nSPS) is 19.3. The molecule has 19 heavy (non-hydrogen) atoms. The van der Waals surface area contributed by atoms with Gasteiger partial charge in [0.15, 0.2) is 0 Å². The van der Waals surface area contributed by atoms with E-state index in [0.29, 0.717) is 11.9 Å². The molecule has 3 rings (SSSR count). The first kappa shape index (κ1) is 12.6. The van der Waals surface area contributed by atoms with Gasteiger partial charge in [0.2, 0.25) is 5.95 Å². The fourth-order valence-corrected chi connectivity index (χ4v) is 3.25. The monoisotopic (exact) mass is 278 g/mol. The minimum Gasteiger partial charge on any atom is -0.396 e. The van der Waals surface area contributed by atoms with Crippen LogP contribution in [0, 0.1) is 5.92 Å². The number of hydrogen-bond donors (Lipinski definition) is 2. The highest BCUT2D eigenvalue weighted by atomic mass is 32.1. The van der Waals surface area contributed by atoms with E-state index >= 15 is 0 Å². The second-order valence-corrected chi connectivity index (χ2v) is 5.72. The van der Waals surface area contributed by atoms with Crippen molar-refractivity contribution < 1.29 is 5.11 Å². The smallest absolute Gasteiger partial charge is 0.226 e. The Hall–Kier alpha value is -1.40. The molecule has 2 N–H and O–H groups in total. The van der Waals surface area contributed by atoms with Gasteiger partial charge in [-0.2, -0.15) is 4.98 Å². The van der Waals surface area contributed by atoms with E-state index in [4.69, 9.17) is 0 Å². The lowest BCUT2D eigenvalue weighted by atomic mass is 10.1. The maximum atomic E-state index is 9.27. The number of fused-ring (bicyclic) bond motifs is 1. The minimum atomic E-state index is 0.258. The third-order valence-corrected chi connectivity index (χ3v) is 4.29. The molecule has 1 unspecified atom stereocenters. The molecular weight excluding hydrogens is 260 g/mol. The van der Waals surface area contributed by atoms with E-state index in [9.17, 15) is 5.11 Å². The molecule has 0 radical (unpaired) electrons. The van der Waals surface area contributed by atoms with Crippen LogP contribution in [0.5, 0.6) is 0 Å². The Bertz CT molecular complexity index is 571. The molecule has 2 aromatic rings. The number of hydrogen-bond acceptors (Lipinski definition) is 6. The average molecular weight is 278 g/mol. The highest BCUT2D eigenvalue weighted by Crippen LogP contribution is 2.32. The largest absolute Gasteiger partial charge is 0.396 e. The third kappa shape index (κ3) is 2.37. The average Bonchev–Trinajstić information content (AvgIpc) is 3.06. The first-order valence-electron chi connectivity index (χ1n) is 6.66. The summed E-state index contributed by atoms with van der Waals surface area (Å²) in [7, 11) is 0. The lowest BCUT2D eigenvalue weighted by Crippen LogP contribution is -2.22. The van der Waals surface area contributed by atoms with Gasteiger partial charge >= 0.3 is 0 Å². The van der Waals surface area contributed by atoms with Crippen molar-refractivity contribution in [2.75, 3.05) is 36.5 Å².